The number of nitrogens with zero attached hydrogens (tertiary/aromatic N) is 2. The second-order valence-electron chi connectivity index (χ2n) is 5.89. The summed E-state index contributed by atoms with van der Waals surface area (Å²) in [7, 11) is 0. The van der Waals surface area contributed by atoms with Crippen molar-refractivity contribution in [2.24, 2.45) is 5.92 Å². The number of Topliss-reactive ketones (excluding diaryl/α,β-unsaturated/α-hetero) is 1. The number of carbonyl (C=O) groups is 1. The fourth-order valence-corrected chi connectivity index (χ4v) is 3.86. The first kappa shape index (κ1) is 14.6. The van der Waals surface area contributed by atoms with Gasteiger partial charge in [-0.15, -0.1) is 0 Å². The molecule has 3 rings (SSSR count). The van der Waals surface area contributed by atoms with Crippen LogP contribution in [-0.2, 0) is 4.79 Å². The summed E-state index contributed by atoms with van der Waals surface area (Å²) >= 11 is 0. The predicted octanol–water partition coefficient (Wildman–Crippen LogP) is 1.44. The Bertz CT molecular complexity index is 658. The molecule has 0 spiro atoms. The van der Waals surface area contributed by atoms with Gasteiger partial charge in [0.1, 0.15) is 0 Å². The summed E-state index contributed by atoms with van der Waals surface area (Å²) in [5, 5.41) is 32.6. The number of hydrogen-bond acceptors (Lipinski definition) is 6. The molecule has 2 fully saturated rings. The van der Waals surface area contributed by atoms with E-state index < -0.39 is 39.1 Å². The van der Waals surface area contributed by atoms with Crippen molar-refractivity contribution in [1.29, 1.82) is 0 Å². The van der Waals surface area contributed by atoms with Crippen LogP contribution in [0.15, 0.2) is 24.3 Å². The molecule has 0 radical (unpaired) electrons. The maximum absolute atomic E-state index is 12.3. The van der Waals surface area contributed by atoms with E-state index in [1.54, 1.807) is 0 Å². The molecule has 0 amide bonds. The fourth-order valence-electron chi connectivity index (χ4n) is 3.86. The molecule has 8 heteroatoms. The topological polar surface area (TPSA) is 124 Å². The van der Waals surface area contributed by atoms with Crippen LogP contribution in [0, 0.1) is 26.1 Å². The fraction of sp³-hybridized carbons (Fsp3) is 0.500. The average Bonchev–Trinajstić information content (AvgIpc) is 2.60. The highest BCUT2D eigenvalue weighted by Gasteiger charge is 2.67. The van der Waals surface area contributed by atoms with Crippen LogP contribution in [0.2, 0.25) is 0 Å². The van der Waals surface area contributed by atoms with Crippen LogP contribution in [0.3, 0.4) is 0 Å². The first-order valence-corrected chi connectivity index (χ1v) is 7.01. The third kappa shape index (κ3) is 1.91. The van der Waals surface area contributed by atoms with E-state index in [1.807, 2.05) is 0 Å². The maximum Gasteiger partial charge on any atom is 0.269 e. The van der Waals surface area contributed by atoms with Crippen molar-refractivity contribution in [3.05, 3.63) is 50.1 Å². The SMILES string of the molecule is O=C1[C@@H]2CCC[C@@]1(O)[C@@H]([N+](=O)[O-])[C@@H]2c1ccc([N+](=O)[O-])cc1. The van der Waals surface area contributed by atoms with Gasteiger partial charge in [-0.3, -0.25) is 25.0 Å². The van der Waals surface area contributed by atoms with Crippen LogP contribution in [0.5, 0.6) is 0 Å². The minimum Gasteiger partial charge on any atom is -0.376 e. The lowest BCUT2D eigenvalue weighted by Crippen LogP contribution is -2.49. The molecule has 0 heterocycles. The lowest BCUT2D eigenvalue weighted by atomic mass is 9.82. The average molecular weight is 306 g/mol. The van der Waals surface area contributed by atoms with Crippen molar-refractivity contribution in [2.75, 3.05) is 0 Å². The second kappa shape index (κ2) is 4.84. The quantitative estimate of drug-likeness (QED) is 0.665. The van der Waals surface area contributed by atoms with E-state index in [-0.39, 0.29) is 12.1 Å². The largest absolute Gasteiger partial charge is 0.376 e. The number of carbonyl (C=O) groups excluding carboxylic acids is 1. The highest BCUT2D eigenvalue weighted by Crippen LogP contribution is 2.51. The number of hydrogen-bond donors (Lipinski definition) is 1. The minimum absolute atomic E-state index is 0.0947. The molecule has 1 N–H and O–H groups in total. The number of ketones is 1. The summed E-state index contributed by atoms with van der Waals surface area (Å²) < 4.78 is 0. The van der Waals surface area contributed by atoms with E-state index in [2.05, 4.69) is 0 Å². The molecule has 0 aromatic heterocycles. The first-order chi connectivity index (χ1) is 10.4. The van der Waals surface area contributed by atoms with Crippen molar-refractivity contribution in [2.45, 2.75) is 36.8 Å². The normalized spacial score (nSPS) is 33.7. The molecular formula is C14H14N2O6. The number of non-ortho nitro benzene ring substituents is 1. The summed E-state index contributed by atoms with van der Waals surface area (Å²) in [5.74, 6) is -1.81. The van der Waals surface area contributed by atoms with Crippen molar-refractivity contribution < 1.29 is 19.7 Å². The lowest BCUT2D eigenvalue weighted by molar-refractivity contribution is -0.542. The molecule has 2 bridgehead atoms. The monoisotopic (exact) mass is 306 g/mol. The predicted molar refractivity (Wildman–Crippen MR) is 73.9 cm³/mol. The number of nitro benzene ring substituents is 1. The zero-order chi connectivity index (χ0) is 16.1. The van der Waals surface area contributed by atoms with Crippen molar-refractivity contribution in [3.63, 3.8) is 0 Å². The number of fused-ring (bicyclic) bond motifs is 2. The van der Waals surface area contributed by atoms with Crippen LogP contribution < -0.4 is 0 Å². The molecule has 2 saturated carbocycles. The summed E-state index contributed by atoms with van der Waals surface area (Å²) in [6.45, 7) is 0. The van der Waals surface area contributed by atoms with Gasteiger partial charge >= 0.3 is 0 Å². The Morgan fingerprint density at radius 1 is 1.18 bits per heavy atom. The molecule has 1 aromatic carbocycles. The van der Waals surface area contributed by atoms with Gasteiger partial charge in [-0.05, 0) is 24.8 Å². The smallest absolute Gasteiger partial charge is 0.269 e. The van der Waals surface area contributed by atoms with Gasteiger partial charge in [0.25, 0.3) is 11.7 Å². The van der Waals surface area contributed by atoms with Gasteiger partial charge in [-0.25, -0.2) is 0 Å². The van der Waals surface area contributed by atoms with Crippen LogP contribution in [-0.4, -0.2) is 32.4 Å². The molecule has 0 saturated heterocycles. The summed E-state index contributed by atoms with van der Waals surface area (Å²) in [6.07, 6.45) is 1.14. The highest BCUT2D eigenvalue weighted by molar-refractivity contribution is 5.94. The second-order valence-corrected chi connectivity index (χ2v) is 5.89. The van der Waals surface area contributed by atoms with Gasteiger partial charge < -0.3 is 5.11 Å². The van der Waals surface area contributed by atoms with Gasteiger partial charge in [0, 0.05) is 23.0 Å². The van der Waals surface area contributed by atoms with Crippen LogP contribution in [0.1, 0.15) is 30.7 Å². The first-order valence-electron chi connectivity index (χ1n) is 7.01. The molecule has 0 aliphatic heterocycles. The van der Waals surface area contributed by atoms with E-state index >= 15 is 0 Å². The number of aliphatic hydroxyl groups is 1. The molecule has 8 nitrogen and oxygen atoms in total. The van der Waals surface area contributed by atoms with E-state index in [4.69, 9.17) is 0 Å². The lowest BCUT2D eigenvalue weighted by Gasteiger charge is -2.25. The van der Waals surface area contributed by atoms with Crippen LogP contribution in [0.4, 0.5) is 5.69 Å². The summed E-state index contributed by atoms with van der Waals surface area (Å²) in [4.78, 5) is 33.3. The number of benzene rings is 1. The van der Waals surface area contributed by atoms with Crippen molar-refractivity contribution >= 4 is 11.5 Å². The van der Waals surface area contributed by atoms with E-state index in [1.165, 1.54) is 24.3 Å². The Labute approximate surface area is 125 Å². The van der Waals surface area contributed by atoms with Gasteiger partial charge in [0.15, 0.2) is 11.4 Å². The molecule has 116 valence electrons. The van der Waals surface area contributed by atoms with E-state index in [9.17, 15) is 30.1 Å². The highest BCUT2D eigenvalue weighted by atomic mass is 16.6. The van der Waals surface area contributed by atoms with Crippen molar-refractivity contribution in [1.82, 2.24) is 0 Å². The van der Waals surface area contributed by atoms with Gasteiger partial charge in [0.05, 0.1) is 10.8 Å². The Kier molecular flexibility index (Phi) is 3.21. The summed E-state index contributed by atoms with van der Waals surface area (Å²) in [6, 6.07) is 4.02. The van der Waals surface area contributed by atoms with Gasteiger partial charge in [0.2, 0.25) is 0 Å². The molecule has 4 atom stereocenters. The van der Waals surface area contributed by atoms with Gasteiger partial charge in [-0.2, -0.15) is 0 Å². The number of rotatable bonds is 3. The molecular weight excluding hydrogens is 292 g/mol. The standard InChI is InChI=1S/C14H14N2O6/c17-13-10-2-1-7-14(13,18)12(16(21)22)11(10)8-3-5-9(6-4-8)15(19)20/h3-6,10-12,18H,1-2,7H2/t10-,11-,12+,14-/m1/s1. The van der Waals surface area contributed by atoms with Gasteiger partial charge in [-0.1, -0.05) is 12.1 Å². The van der Waals surface area contributed by atoms with E-state index in [0.29, 0.717) is 18.4 Å². The Hall–Kier alpha value is -2.35. The maximum atomic E-state index is 12.3. The molecule has 0 unspecified atom stereocenters. The third-order valence-electron chi connectivity index (χ3n) is 4.82. The zero-order valence-electron chi connectivity index (χ0n) is 11.5. The Morgan fingerprint density at radius 2 is 1.82 bits per heavy atom. The summed E-state index contributed by atoms with van der Waals surface area (Å²) in [5.41, 5.74) is -1.55. The molecule has 2 aliphatic rings. The molecule has 22 heavy (non-hydrogen) atoms. The van der Waals surface area contributed by atoms with Crippen LogP contribution >= 0.6 is 0 Å². The zero-order valence-corrected chi connectivity index (χ0v) is 11.5. The number of nitro groups is 2. The molecule has 2 aliphatic carbocycles. The molecule has 1 aromatic rings. The minimum atomic E-state index is -1.92. The third-order valence-corrected chi connectivity index (χ3v) is 4.82. The van der Waals surface area contributed by atoms with Crippen molar-refractivity contribution in [3.8, 4) is 0 Å². The van der Waals surface area contributed by atoms with Crippen LogP contribution in [0.25, 0.3) is 0 Å². The Morgan fingerprint density at radius 3 is 2.36 bits per heavy atom. The van der Waals surface area contributed by atoms with E-state index in [0.717, 1.165) is 0 Å². The Balaban J connectivity index is 2.06.